The van der Waals surface area contributed by atoms with Crippen LogP contribution in [0.5, 0.6) is 5.75 Å². The van der Waals surface area contributed by atoms with Crippen LogP contribution in [0.15, 0.2) is 57.2 Å². The number of ketones is 1. The Morgan fingerprint density at radius 3 is 2.53 bits per heavy atom. The van der Waals surface area contributed by atoms with E-state index in [-0.39, 0.29) is 33.6 Å². The molecular formula is C23H21F2N5O7S. The van der Waals surface area contributed by atoms with E-state index in [1.807, 2.05) is 0 Å². The van der Waals surface area contributed by atoms with E-state index < -0.39 is 47.7 Å². The number of amides is 1. The molecule has 200 valence electrons. The summed E-state index contributed by atoms with van der Waals surface area (Å²) in [6.45, 7) is -3.93. The summed E-state index contributed by atoms with van der Waals surface area (Å²) in [7, 11) is 2.45. The second kappa shape index (κ2) is 12.1. The van der Waals surface area contributed by atoms with Crippen LogP contribution in [0, 0.1) is 0 Å². The fourth-order valence-electron chi connectivity index (χ4n) is 3.15. The predicted octanol–water partition coefficient (Wildman–Crippen LogP) is 1.43. The molecule has 3 aromatic rings. The summed E-state index contributed by atoms with van der Waals surface area (Å²) in [6, 6.07) is 8.41. The molecule has 0 saturated heterocycles. The highest BCUT2D eigenvalue weighted by molar-refractivity contribution is 8.00. The van der Waals surface area contributed by atoms with Gasteiger partial charge in [0.2, 0.25) is 11.7 Å². The number of alkyl halides is 2. The number of Topliss-reactive ketones (excluding diaryl/α,β-unsaturated/α-hetero) is 1. The van der Waals surface area contributed by atoms with E-state index in [1.54, 1.807) is 0 Å². The van der Waals surface area contributed by atoms with Gasteiger partial charge in [-0.2, -0.15) is 8.78 Å². The van der Waals surface area contributed by atoms with Crippen molar-refractivity contribution < 1.29 is 32.6 Å². The number of rotatable bonds is 10. The smallest absolute Gasteiger partial charge is 0.387 e. The lowest BCUT2D eigenvalue weighted by Gasteiger charge is -2.12. The summed E-state index contributed by atoms with van der Waals surface area (Å²) < 4.78 is 36.2. The molecule has 0 spiro atoms. The van der Waals surface area contributed by atoms with Gasteiger partial charge in [-0.25, -0.2) is 14.6 Å². The Morgan fingerprint density at radius 1 is 1.11 bits per heavy atom. The number of esters is 1. The predicted molar refractivity (Wildman–Crippen MR) is 133 cm³/mol. The number of thioether (sulfide) groups is 1. The van der Waals surface area contributed by atoms with E-state index in [1.165, 1.54) is 56.7 Å². The molecule has 0 saturated carbocycles. The molecular weight excluding hydrogens is 528 g/mol. The van der Waals surface area contributed by atoms with Crippen LogP contribution in [0.2, 0.25) is 0 Å². The molecule has 0 fully saturated rings. The van der Waals surface area contributed by atoms with Gasteiger partial charge >= 0.3 is 18.3 Å². The third-order valence-electron chi connectivity index (χ3n) is 5.03. The molecule has 1 amide bonds. The van der Waals surface area contributed by atoms with Gasteiger partial charge in [0.1, 0.15) is 22.2 Å². The number of hydrogen-bond acceptors (Lipinski definition) is 10. The quantitative estimate of drug-likeness (QED) is 0.215. The first-order valence-electron chi connectivity index (χ1n) is 10.7. The lowest BCUT2D eigenvalue weighted by atomic mass is 10.2. The van der Waals surface area contributed by atoms with Gasteiger partial charge in [-0.1, -0.05) is 23.9 Å². The molecule has 0 unspecified atom stereocenters. The second-order valence-corrected chi connectivity index (χ2v) is 8.50. The van der Waals surface area contributed by atoms with Gasteiger partial charge < -0.3 is 20.5 Å². The van der Waals surface area contributed by atoms with Crippen LogP contribution in [-0.4, -0.2) is 50.7 Å². The summed E-state index contributed by atoms with van der Waals surface area (Å²) in [5.74, 6) is -3.34. The lowest BCUT2D eigenvalue weighted by Crippen LogP contribution is -2.42. The van der Waals surface area contributed by atoms with Crippen molar-refractivity contribution in [3.05, 3.63) is 74.6 Å². The third kappa shape index (κ3) is 6.42. The summed E-state index contributed by atoms with van der Waals surface area (Å²) in [5.41, 5.74) is 3.54. The van der Waals surface area contributed by atoms with Crippen molar-refractivity contribution in [2.75, 3.05) is 23.4 Å². The van der Waals surface area contributed by atoms with E-state index >= 15 is 0 Å². The molecule has 0 atom stereocenters. The first-order chi connectivity index (χ1) is 18.0. The SMILES string of the molecule is Cn1c(N)c(C(=O)COC(=O)c2cccnc2SCC(=O)Nc2ccccc2OC(F)F)c(=O)n(C)c1=O. The molecule has 0 aliphatic carbocycles. The minimum atomic E-state index is -3.08. The molecule has 1 aromatic carbocycles. The normalized spacial score (nSPS) is 10.8. The Balaban J connectivity index is 1.67. The van der Waals surface area contributed by atoms with Crippen molar-refractivity contribution >= 4 is 40.9 Å². The number of hydrogen-bond donors (Lipinski definition) is 2. The van der Waals surface area contributed by atoms with Crippen LogP contribution in [0.3, 0.4) is 0 Å². The van der Waals surface area contributed by atoms with Crippen molar-refractivity contribution in [3.8, 4) is 5.75 Å². The van der Waals surface area contributed by atoms with Crippen LogP contribution in [0.1, 0.15) is 20.7 Å². The Hall–Kier alpha value is -4.53. The number of pyridine rings is 1. The van der Waals surface area contributed by atoms with E-state index in [2.05, 4.69) is 15.0 Å². The standard InChI is InChI=1S/C23H21F2N5O7S/c1-29-18(26)17(20(33)30(2)23(29)35)14(31)10-36-21(34)12-6-5-9-27-19(12)38-11-16(32)28-13-7-3-4-8-15(13)37-22(24)25/h3-9,22H,10-11,26H2,1-2H3,(H,28,32). The molecule has 2 heterocycles. The van der Waals surface area contributed by atoms with Gasteiger partial charge in [0, 0.05) is 20.3 Å². The van der Waals surface area contributed by atoms with Crippen molar-refractivity contribution in [2.24, 2.45) is 14.1 Å². The Bertz CT molecular complexity index is 1510. The van der Waals surface area contributed by atoms with Crippen LogP contribution in [-0.2, 0) is 23.6 Å². The molecule has 3 N–H and O–H groups in total. The molecule has 12 nitrogen and oxygen atoms in total. The number of halogens is 2. The van der Waals surface area contributed by atoms with Gasteiger partial charge in [0.05, 0.1) is 17.0 Å². The molecule has 0 aliphatic heterocycles. The molecule has 0 aliphatic rings. The van der Waals surface area contributed by atoms with Crippen molar-refractivity contribution in [1.82, 2.24) is 14.1 Å². The maximum atomic E-state index is 12.7. The van der Waals surface area contributed by atoms with Crippen LogP contribution in [0.25, 0.3) is 0 Å². The number of para-hydroxylation sites is 2. The highest BCUT2D eigenvalue weighted by Gasteiger charge is 2.23. The fourth-order valence-corrected chi connectivity index (χ4v) is 3.94. The number of benzene rings is 1. The highest BCUT2D eigenvalue weighted by Crippen LogP contribution is 2.26. The van der Waals surface area contributed by atoms with E-state index in [9.17, 15) is 32.8 Å². The van der Waals surface area contributed by atoms with Gasteiger partial charge in [-0.05, 0) is 24.3 Å². The Morgan fingerprint density at radius 2 is 1.82 bits per heavy atom. The molecule has 0 radical (unpaired) electrons. The molecule has 15 heteroatoms. The lowest BCUT2D eigenvalue weighted by molar-refractivity contribution is -0.113. The zero-order chi connectivity index (χ0) is 28.0. The van der Waals surface area contributed by atoms with Crippen LogP contribution in [0.4, 0.5) is 20.3 Å². The Labute approximate surface area is 217 Å². The van der Waals surface area contributed by atoms with Gasteiger partial charge in [-0.15, -0.1) is 0 Å². The van der Waals surface area contributed by atoms with Gasteiger partial charge in [0.25, 0.3) is 5.56 Å². The van der Waals surface area contributed by atoms with Crippen molar-refractivity contribution in [2.45, 2.75) is 11.6 Å². The molecule has 38 heavy (non-hydrogen) atoms. The van der Waals surface area contributed by atoms with Gasteiger partial charge in [-0.3, -0.25) is 23.5 Å². The van der Waals surface area contributed by atoms with Gasteiger partial charge in [0.15, 0.2) is 6.61 Å². The minimum absolute atomic E-state index is 0.0291. The number of aromatic nitrogens is 3. The maximum Gasteiger partial charge on any atom is 0.387 e. The summed E-state index contributed by atoms with van der Waals surface area (Å²) in [6.07, 6.45) is 1.36. The van der Waals surface area contributed by atoms with E-state index in [0.29, 0.717) is 4.57 Å². The van der Waals surface area contributed by atoms with Crippen molar-refractivity contribution in [3.63, 3.8) is 0 Å². The molecule has 0 bridgehead atoms. The maximum absolute atomic E-state index is 12.7. The van der Waals surface area contributed by atoms with Crippen molar-refractivity contribution in [1.29, 1.82) is 0 Å². The number of nitrogens with one attached hydrogen (secondary N) is 1. The van der Waals surface area contributed by atoms with Crippen LogP contribution < -0.4 is 27.0 Å². The summed E-state index contributed by atoms with van der Waals surface area (Å²) in [4.78, 5) is 65.9. The summed E-state index contributed by atoms with van der Waals surface area (Å²) in [5, 5.41) is 2.53. The highest BCUT2D eigenvalue weighted by atomic mass is 32.2. The topological polar surface area (TPSA) is 165 Å². The second-order valence-electron chi connectivity index (χ2n) is 7.53. The first kappa shape index (κ1) is 28.0. The average Bonchev–Trinajstić information content (AvgIpc) is 2.89. The number of carbonyl (C=O) groups excluding carboxylic acids is 3. The first-order valence-corrected chi connectivity index (χ1v) is 11.7. The number of anilines is 2. The average molecular weight is 550 g/mol. The van der Waals surface area contributed by atoms with Crippen LogP contribution >= 0.6 is 11.8 Å². The molecule has 2 aromatic heterocycles. The number of nitrogens with zero attached hydrogens (tertiary/aromatic N) is 3. The summed E-state index contributed by atoms with van der Waals surface area (Å²) >= 11 is 0.854. The number of ether oxygens (including phenoxy) is 2. The number of nitrogens with two attached hydrogens (primary N) is 1. The third-order valence-corrected chi connectivity index (χ3v) is 6.04. The fraction of sp³-hybridized carbons (Fsp3) is 0.217. The number of carbonyl (C=O) groups is 3. The zero-order valence-electron chi connectivity index (χ0n) is 20.0. The van der Waals surface area contributed by atoms with E-state index in [0.717, 1.165) is 16.3 Å². The zero-order valence-corrected chi connectivity index (χ0v) is 20.8. The van der Waals surface area contributed by atoms with E-state index in [4.69, 9.17) is 10.5 Å². The number of nitrogen functional groups attached to an aromatic ring is 1. The monoisotopic (exact) mass is 549 g/mol. The minimum Gasteiger partial charge on any atom is -0.454 e. The Kier molecular flexibility index (Phi) is 8.96. The molecule has 3 rings (SSSR count). The largest absolute Gasteiger partial charge is 0.454 e.